The predicted octanol–water partition coefficient (Wildman–Crippen LogP) is 2.15. The van der Waals surface area contributed by atoms with Crippen molar-refractivity contribution in [1.29, 1.82) is 0 Å². The standard InChI is InChI=1S/C14H23N3O2/c1-9(2)13-15-11(4)7-12(16-13)17(5)8-10(3)14(18)19-6/h7,9-10H,8H2,1-6H3. The van der Waals surface area contributed by atoms with Gasteiger partial charge in [-0.15, -0.1) is 0 Å². The van der Waals surface area contributed by atoms with Crippen LogP contribution in [-0.2, 0) is 9.53 Å². The van der Waals surface area contributed by atoms with E-state index in [1.165, 1.54) is 7.11 Å². The first kappa shape index (κ1) is 15.4. The van der Waals surface area contributed by atoms with Crippen LogP contribution >= 0.6 is 0 Å². The SMILES string of the molecule is COC(=O)C(C)CN(C)c1cc(C)nc(C(C)C)n1. The Morgan fingerprint density at radius 3 is 2.53 bits per heavy atom. The zero-order valence-electron chi connectivity index (χ0n) is 12.6. The second-order valence-corrected chi connectivity index (χ2v) is 5.19. The van der Waals surface area contributed by atoms with Gasteiger partial charge in [-0.1, -0.05) is 20.8 Å². The summed E-state index contributed by atoms with van der Waals surface area (Å²) in [5.74, 6) is 1.55. The summed E-state index contributed by atoms with van der Waals surface area (Å²) in [7, 11) is 3.33. The van der Waals surface area contributed by atoms with Gasteiger partial charge in [-0.25, -0.2) is 9.97 Å². The lowest BCUT2D eigenvalue weighted by molar-refractivity contribution is -0.144. The normalized spacial score (nSPS) is 12.4. The molecule has 0 aromatic carbocycles. The summed E-state index contributed by atoms with van der Waals surface area (Å²) < 4.78 is 4.74. The van der Waals surface area contributed by atoms with Crippen molar-refractivity contribution in [3.8, 4) is 0 Å². The fourth-order valence-corrected chi connectivity index (χ4v) is 1.81. The summed E-state index contributed by atoms with van der Waals surface area (Å²) in [6, 6.07) is 1.93. The van der Waals surface area contributed by atoms with Crippen molar-refractivity contribution in [2.45, 2.75) is 33.6 Å². The molecule has 0 aliphatic heterocycles. The molecule has 5 nitrogen and oxygen atoms in total. The molecule has 0 aliphatic rings. The van der Waals surface area contributed by atoms with Gasteiger partial charge in [0.05, 0.1) is 13.0 Å². The minimum atomic E-state index is -0.207. The summed E-state index contributed by atoms with van der Waals surface area (Å²) in [6.07, 6.45) is 0. The van der Waals surface area contributed by atoms with E-state index in [9.17, 15) is 4.79 Å². The van der Waals surface area contributed by atoms with Gasteiger partial charge in [0.2, 0.25) is 0 Å². The average Bonchev–Trinajstić information content (AvgIpc) is 2.36. The summed E-state index contributed by atoms with van der Waals surface area (Å²) in [6.45, 7) is 8.50. The number of aryl methyl sites for hydroxylation is 1. The van der Waals surface area contributed by atoms with Crippen LogP contribution in [0.1, 0.15) is 38.2 Å². The van der Waals surface area contributed by atoms with Crippen LogP contribution in [0, 0.1) is 12.8 Å². The number of hydrogen-bond acceptors (Lipinski definition) is 5. The highest BCUT2D eigenvalue weighted by Crippen LogP contribution is 2.17. The smallest absolute Gasteiger partial charge is 0.310 e. The van der Waals surface area contributed by atoms with Gasteiger partial charge in [0.25, 0.3) is 0 Å². The topological polar surface area (TPSA) is 55.3 Å². The average molecular weight is 265 g/mol. The Labute approximate surface area is 115 Å². The van der Waals surface area contributed by atoms with E-state index in [4.69, 9.17) is 4.74 Å². The predicted molar refractivity (Wildman–Crippen MR) is 75.3 cm³/mol. The molecule has 0 radical (unpaired) electrons. The number of carbonyl (C=O) groups is 1. The van der Waals surface area contributed by atoms with Crippen molar-refractivity contribution in [3.05, 3.63) is 17.6 Å². The summed E-state index contributed by atoms with van der Waals surface area (Å²) in [5, 5.41) is 0. The van der Waals surface area contributed by atoms with E-state index in [0.29, 0.717) is 6.54 Å². The minimum absolute atomic E-state index is 0.187. The highest BCUT2D eigenvalue weighted by molar-refractivity contribution is 5.72. The molecule has 106 valence electrons. The van der Waals surface area contributed by atoms with E-state index in [-0.39, 0.29) is 17.8 Å². The van der Waals surface area contributed by atoms with Crippen LogP contribution in [-0.4, -0.2) is 36.6 Å². The Hall–Kier alpha value is -1.65. The maximum atomic E-state index is 11.4. The van der Waals surface area contributed by atoms with Crippen LogP contribution in [0.3, 0.4) is 0 Å². The van der Waals surface area contributed by atoms with Crippen molar-refractivity contribution in [1.82, 2.24) is 9.97 Å². The molecule has 5 heteroatoms. The number of hydrogen-bond donors (Lipinski definition) is 0. The van der Waals surface area contributed by atoms with Crippen molar-refractivity contribution in [2.24, 2.45) is 5.92 Å². The van der Waals surface area contributed by atoms with Crippen LogP contribution in [0.25, 0.3) is 0 Å². The molecule has 19 heavy (non-hydrogen) atoms. The number of aromatic nitrogens is 2. The Balaban J connectivity index is 2.87. The van der Waals surface area contributed by atoms with Gasteiger partial charge < -0.3 is 9.64 Å². The minimum Gasteiger partial charge on any atom is -0.469 e. The van der Waals surface area contributed by atoms with Crippen molar-refractivity contribution in [3.63, 3.8) is 0 Å². The zero-order chi connectivity index (χ0) is 14.6. The highest BCUT2D eigenvalue weighted by Gasteiger charge is 2.17. The van der Waals surface area contributed by atoms with Gasteiger partial charge in [-0.05, 0) is 6.92 Å². The monoisotopic (exact) mass is 265 g/mol. The molecule has 1 aromatic heterocycles. The van der Waals surface area contributed by atoms with E-state index in [2.05, 4.69) is 23.8 Å². The van der Waals surface area contributed by atoms with Gasteiger partial charge in [-0.3, -0.25) is 4.79 Å². The Kier molecular flexibility index (Phi) is 5.27. The van der Waals surface area contributed by atoms with Crippen LogP contribution in [0.5, 0.6) is 0 Å². The highest BCUT2D eigenvalue weighted by atomic mass is 16.5. The van der Waals surface area contributed by atoms with Crippen molar-refractivity contribution >= 4 is 11.8 Å². The van der Waals surface area contributed by atoms with Gasteiger partial charge in [-0.2, -0.15) is 0 Å². The number of rotatable bonds is 5. The molecule has 0 spiro atoms. The lowest BCUT2D eigenvalue weighted by Crippen LogP contribution is -2.30. The summed E-state index contributed by atoms with van der Waals surface area (Å²) in [4.78, 5) is 22.4. The van der Waals surface area contributed by atoms with Gasteiger partial charge in [0.1, 0.15) is 11.6 Å². The molecule has 1 atom stereocenters. The Bertz CT molecular complexity index is 446. The lowest BCUT2D eigenvalue weighted by Gasteiger charge is -2.22. The third kappa shape index (κ3) is 4.19. The molecule has 1 aromatic rings. The van der Waals surface area contributed by atoms with E-state index < -0.39 is 0 Å². The maximum absolute atomic E-state index is 11.4. The Morgan fingerprint density at radius 2 is 2.00 bits per heavy atom. The number of esters is 1. The maximum Gasteiger partial charge on any atom is 0.310 e. The molecule has 0 fully saturated rings. The van der Waals surface area contributed by atoms with E-state index in [1.54, 1.807) is 0 Å². The van der Waals surface area contributed by atoms with E-state index >= 15 is 0 Å². The fraction of sp³-hybridized carbons (Fsp3) is 0.643. The third-order valence-electron chi connectivity index (χ3n) is 2.92. The number of carbonyl (C=O) groups excluding carboxylic acids is 1. The van der Waals surface area contributed by atoms with Gasteiger partial charge >= 0.3 is 5.97 Å². The molecule has 0 amide bonds. The molecule has 0 saturated carbocycles. The largest absolute Gasteiger partial charge is 0.469 e. The van der Waals surface area contributed by atoms with Crippen LogP contribution in [0.2, 0.25) is 0 Å². The number of anilines is 1. The molecule has 1 unspecified atom stereocenters. The van der Waals surface area contributed by atoms with Crippen LogP contribution < -0.4 is 4.90 Å². The zero-order valence-corrected chi connectivity index (χ0v) is 12.6. The summed E-state index contributed by atoms with van der Waals surface area (Å²) in [5.41, 5.74) is 0.936. The number of methoxy groups -OCH3 is 1. The molecule has 0 bridgehead atoms. The first-order chi connectivity index (χ1) is 8.85. The first-order valence-corrected chi connectivity index (χ1v) is 6.49. The first-order valence-electron chi connectivity index (χ1n) is 6.49. The van der Waals surface area contributed by atoms with Gasteiger partial charge in [0.15, 0.2) is 0 Å². The van der Waals surface area contributed by atoms with E-state index in [1.807, 2.05) is 31.9 Å². The molecular formula is C14H23N3O2. The molecule has 1 heterocycles. The Morgan fingerprint density at radius 1 is 1.37 bits per heavy atom. The van der Waals surface area contributed by atoms with Crippen LogP contribution in [0.4, 0.5) is 5.82 Å². The lowest BCUT2D eigenvalue weighted by atomic mass is 10.1. The molecular weight excluding hydrogens is 242 g/mol. The quantitative estimate of drug-likeness (QED) is 0.764. The fourth-order valence-electron chi connectivity index (χ4n) is 1.81. The van der Waals surface area contributed by atoms with E-state index in [0.717, 1.165) is 17.3 Å². The molecule has 0 saturated heterocycles. The third-order valence-corrected chi connectivity index (χ3v) is 2.92. The summed E-state index contributed by atoms with van der Waals surface area (Å²) >= 11 is 0. The van der Waals surface area contributed by atoms with Crippen LogP contribution in [0.15, 0.2) is 6.07 Å². The van der Waals surface area contributed by atoms with Crippen molar-refractivity contribution < 1.29 is 9.53 Å². The molecule has 0 aliphatic carbocycles. The molecule has 0 N–H and O–H groups in total. The van der Waals surface area contributed by atoms with Gasteiger partial charge in [0, 0.05) is 31.3 Å². The molecule has 1 rings (SSSR count). The number of nitrogens with zero attached hydrogens (tertiary/aromatic N) is 3. The number of ether oxygens (including phenoxy) is 1. The van der Waals surface area contributed by atoms with Crippen molar-refractivity contribution in [2.75, 3.05) is 25.6 Å². The second-order valence-electron chi connectivity index (χ2n) is 5.19. The second kappa shape index (κ2) is 6.50.